The summed E-state index contributed by atoms with van der Waals surface area (Å²) in [5.74, 6) is -0.921. The summed E-state index contributed by atoms with van der Waals surface area (Å²) < 4.78 is 5.83. The van der Waals surface area contributed by atoms with E-state index in [9.17, 15) is 19.7 Å². The number of nitrogens with zero attached hydrogens (tertiary/aromatic N) is 2. The number of carbonyl (C=O) groups excluding carboxylic acids is 2. The number of hydrogen-bond donors (Lipinski definition) is 0. The van der Waals surface area contributed by atoms with E-state index < -0.39 is 10.9 Å². The Bertz CT molecular complexity index is 965. The molecular weight excluding hydrogens is 376 g/mol. The highest BCUT2D eigenvalue weighted by Crippen LogP contribution is 2.29. The van der Waals surface area contributed by atoms with Crippen molar-refractivity contribution < 1.29 is 19.2 Å². The van der Waals surface area contributed by atoms with Crippen molar-refractivity contribution in [2.75, 3.05) is 13.7 Å². The quantitative estimate of drug-likeness (QED) is 0.364. The average Bonchev–Trinajstić information content (AvgIpc) is 3.27. The molecule has 1 aromatic carbocycles. The van der Waals surface area contributed by atoms with Crippen LogP contribution in [-0.2, 0) is 16.1 Å². The minimum Gasteiger partial charge on any atom is -0.451 e. The Kier molecular flexibility index (Phi) is 5.29. The van der Waals surface area contributed by atoms with Crippen LogP contribution >= 0.6 is 22.7 Å². The zero-order valence-corrected chi connectivity index (χ0v) is 15.3. The van der Waals surface area contributed by atoms with Gasteiger partial charge in [-0.1, -0.05) is 6.07 Å². The third-order valence-corrected chi connectivity index (χ3v) is 5.59. The van der Waals surface area contributed by atoms with Gasteiger partial charge in [0, 0.05) is 34.1 Å². The molecule has 0 fully saturated rings. The molecule has 134 valence electrons. The Balaban J connectivity index is 1.61. The van der Waals surface area contributed by atoms with Crippen molar-refractivity contribution in [2.45, 2.75) is 6.54 Å². The Morgan fingerprint density at radius 3 is 2.77 bits per heavy atom. The Labute approximate surface area is 156 Å². The predicted molar refractivity (Wildman–Crippen MR) is 99.6 cm³/mol. The molecule has 2 heterocycles. The molecule has 0 atom stereocenters. The van der Waals surface area contributed by atoms with Crippen molar-refractivity contribution in [1.29, 1.82) is 0 Å². The molecule has 7 nitrogen and oxygen atoms in total. The van der Waals surface area contributed by atoms with E-state index in [1.807, 2.05) is 17.5 Å². The zero-order chi connectivity index (χ0) is 18.7. The monoisotopic (exact) mass is 390 g/mol. The first kappa shape index (κ1) is 18.0. The smallest absolute Gasteiger partial charge is 0.348 e. The summed E-state index contributed by atoms with van der Waals surface area (Å²) in [6, 6.07) is 9.75. The number of benzene rings is 1. The first-order valence-corrected chi connectivity index (χ1v) is 9.25. The molecule has 0 aliphatic heterocycles. The van der Waals surface area contributed by atoms with Crippen LogP contribution in [0.2, 0.25) is 0 Å². The predicted octanol–water partition coefficient (Wildman–Crippen LogP) is 3.69. The molecule has 0 aliphatic carbocycles. The van der Waals surface area contributed by atoms with Gasteiger partial charge in [-0.2, -0.15) is 0 Å². The molecule has 3 aromatic rings. The van der Waals surface area contributed by atoms with Crippen LogP contribution < -0.4 is 0 Å². The highest BCUT2D eigenvalue weighted by Gasteiger charge is 2.17. The number of esters is 1. The molecule has 3 rings (SSSR count). The molecule has 0 radical (unpaired) electrons. The maximum atomic E-state index is 12.2. The zero-order valence-electron chi connectivity index (χ0n) is 13.7. The molecule has 9 heteroatoms. The van der Waals surface area contributed by atoms with Crippen LogP contribution in [0.3, 0.4) is 0 Å². The van der Waals surface area contributed by atoms with E-state index >= 15 is 0 Å². The van der Waals surface area contributed by atoms with Gasteiger partial charge in [-0.05, 0) is 23.6 Å². The van der Waals surface area contributed by atoms with Gasteiger partial charge in [-0.25, -0.2) is 4.79 Å². The van der Waals surface area contributed by atoms with Crippen LogP contribution in [-0.4, -0.2) is 35.4 Å². The molecule has 26 heavy (non-hydrogen) atoms. The maximum Gasteiger partial charge on any atom is 0.348 e. The summed E-state index contributed by atoms with van der Waals surface area (Å²) in [6.07, 6.45) is 0. The maximum absolute atomic E-state index is 12.2. The fourth-order valence-electron chi connectivity index (χ4n) is 2.28. The topological polar surface area (TPSA) is 89.8 Å². The fraction of sp³-hybridized carbons (Fsp3) is 0.176. The molecule has 0 bridgehead atoms. The van der Waals surface area contributed by atoms with Crippen LogP contribution in [0.5, 0.6) is 0 Å². The van der Waals surface area contributed by atoms with Crippen molar-refractivity contribution >= 4 is 50.3 Å². The van der Waals surface area contributed by atoms with Crippen LogP contribution in [0.4, 0.5) is 5.69 Å². The lowest BCUT2D eigenvalue weighted by atomic mass is 10.2. The lowest BCUT2D eigenvalue weighted by Crippen LogP contribution is -2.30. The molecule has 1 amide bonds. The number of ether oxygens (including phenoxy) is 1. The van der Waals surface area contributed by atoms with Gasteiger partial charge < -0.3 is 9.64 Å². The summed E-state index contributed by atoms with van der Waals surface area (Å²) in [4.78, 5) is 37.4. The van der Waals surface area contributed by atoms with Gasteiger partial charge >= 0.3 is 5.97 Å². The number of non-ortho nitro benzene ring substituents is 1. The van der Waals surface area contributed by atoms with Crippen molar-refractivity contribution in [1.82, 2.24) is 4.90 Å². The first-order valence-electron chi connectivity index (χ1n) is 7.55. The highest BCUT2D eigenvalue weighted by molar-refractivity contribution is 7.20. The van der Waals surface area contributed by atoms with Gasteiger partial charge in [0.05, 0.1) is 11.5 Å². The summed E-state index contributed by atoms with van der Waals surface area (Å²) in [7, 11) is 1.65. The van der Waals surface area contributed by atoms with Gasteiger partial charge in [-0.15, -0.1) is 22.7 Å². The molecule has 0 spiro atoms. The van der Waals surface area contributed by atoms with Crippen LogP contribution in [0.1, 0.15) is 14.5 Å². The van der Waals surface area contributed by atoms with E-state index in [0.717, 1.165) is 9.58 Å². The molecule has 0 N–H and O–H groups in total. The highest BCUT2D eigenvalue weighted by atomic mass is 32.1. The standard InChI is InChI=1S/C17H14N2O5S2/c1-18(9-13-3-2-6-25-13)16(20)10-24-17(21)15-8-11-7-12(19(22)23)4-5-14(11)26-15/h2-8H,9-10H2,1H3. The largest absolute Gasteiger partial charge is 0.451 e. The number of nitro benzene ring substituents is 1. The number of likely N-dealkylation sites (N-methyl/N-ethyl adjacent to an activating group) is 1. The number of thiophene rings is 2. The normalized spacial score (nSPS) is 10.7. The Morgan fingerprint density at radius 2 is 2.08 bits per heavy atom. The number of fused-ring (bicyclic) bond motifs is 1. The number of amides is 1. The molecule has 0 aliphatic rings. The molecule has 2 aromatic heterocycles. The van der Waals surface area contributed by atoms with Crippen LogP contribution in [0.25, 0.3) is 10.1 Å². The molecule has 0 saturated carbocycles. The SMILES string of the molecule is CN(Cc1cccs1)C(=O)COC(=O)c1cc2cc([N+](=O)[O-])ccc2s1. The third kappa shape index (κ3) is 4.06. The van der Waals surface area contributed by atoms with Crippen LogP contribution in [0.15, 0.2) is 41.8 Å². The van der Waals surface area contributed by atoms with E-state index in [-0.39, 0.29) is 18.2 Å². The van der Waals surface area contributed by atoms with E-state index in [0.29, 0.717) is 16.8 Å². The second-order valence-electron chi connectivity index (χ2n) is 5.50. The lowest BCUT2D eigenvalue weighted by Gasteiger charge is -2.15. The third-order valence-electron chi connectivity index (χ3n) is 3.64. The number of carbonyl (C=O) groups is 2. The summed E-state index contributed by atoms with van der Waals surface area (Å²) in [5.41, 5.74) is -0.0411. The van der Waals surface area contributed by atoms with Gasteiger partial charge in [-0.3, -0.25) is 14.9 Å². The summed E-state index contributed by atoms with van der Waals surface area (Å²) >= 11 is 2.72. The Hall–Kier alpha value is -2.78. The van der Waals surface area contributed by atoms with Crippen molar-refractivity contribution in [3.63, 3.8) is 0 Å². The minimum absolute atomic E-state index is 0.0411. The lowest BCUT2D eigenvalue weighted by molar-refractivity contribution is -0.384. The van der Waals surface area contributed by atoms with E-state index in [1.165, 1.54) is 34.4 Å². The number of hydrogen-bond acceptors (Lipinski definition) is 7. The molecular formula is C17H14N2O5S2. The van der Waals surface area contributed by atoms with E-state index in [2.05, 4.69) is 0 Å². The van der Waals surface area contributed by atoms with Gasteiger partial charge in [0.2, 0.25) is 0 Å². The second kappa shape index (κ2) is 7.63. The minimum atomic E-state index is -0.619. The van der Waals surface area contributed by atoms with Crippen molar-refractivity contribution in [3.05, 3.63) is 61.6 Å². The summed E-state index contributed by atoms with van der Waals surface area (Å²) in [5, 5.41) is 13.3. The number of rotatable bonds is 6. The van der Waals surface area contributed by atoms with Gasteiger partial charge in [0.25, 0.3) is 11.6 Å². The molecule has 0 saturated heterocycles. The molecule has 0 unspecified atom stereocenters. The first-order chi connectivity index (χ1) is 12.4. The second-order valence-corrected chi connectivity index (χ2v) is 7.61. The number of nitro groups is 1. The van der Waals surface area contributed by atoms with Gasteiger partial charge in [0.1, 0.15) is 4.88 Å². The summed E-state index contributed by atoms with van der Waals surface area (Å²) in [6.45, 7) is 0.107. The fourth-order valence-corrected chi connectivity index (χ4v) is 3.97. The van der Waals surface area contributed by atoms with E-state index in [4.69, 9.17) is 4.74 Å². The average molecular weight is 390 g/mol. The Morgan fingerprint density at radius 1 is 1.27 bits per heavy atom. The van der Waals surface area contributed by atoms with Crippen LogP contribution in [0, 0.1) is 10.1 Å². The van der Waals surface area contributed by atoms with Gasteiger partial charge in [0.15, 0.2) is 6.61 Å². The van der Waals surface area contributed by atoms with Crippen molar-refractivity contribution in [2.24, 2.45) is 0 Å². The van der Waals surface area contributed by atoms with E-state index in [1.54, 1.807) is 24.5 Å². The van der Waals surface area contributed by atoms with Crippen molar-refractivity contribution in [3.8, 4) is 0 Å².